The van der Waals surface area contributed by atoms with Crippen LogP contribution in [-0.2, 0) is 4.79 Å². The number of aromatic nitrogens is 2. The first kappa shape index (κ1) is 12.9. The van der Waals surface area contributed by atoms with Crippen molar-refractivity contribution < 1.29 is 4.79 Å². The van der Waals surface area contributed by atoms with Crippen LogP contribution in [0.3, 0.4) is 0 Å². The lowest BCUT2D eigenvalue weighted by Gasteiger charge is -2.17. The Labute approximate surface area is 111 Å². The predicted molar refractivity (Wildman–Crippen MR) is 73.0 cm³/mol. The summed E-state index contributed by atoms with van der Waals surface area (Å²) in [5, 5.41) is 3.45. The third-order valence-electron chi connectivity index (χ3n) is 2.68. The van der Waals surface area contributed by atoms with Gasteiger partial charge in [0.1, 0.15) is 5.15 Å². The molecule has 18 heavy (non-hydrogen) atoms. The molecule has 2 rings (SSSR count). The molecule has 0 aliphatic carbocycles. The number of nitrogens with one attached hydrogen (secondary N) is 1. The molecule has 0 bridgehead atoms. The van der Waals surface area contributed by atoms with E-state index in [1.165, 1.54) is 0 Å². The van der Waals surface area contributed by atoms with Gasteiger partial charge in [-0.25, -0.2) is 4.98 Å². The number of imidazole rings is 1. The Morgan fingerprint density at radius 2 is 2.11 bits per heavy atom. The predicted octanol–water partition coefficient (Wildman–Crippen LogP) is 3.28. The lowest BCUT2D eigenvalue weighted by Crippen LogP contribution is -2.27. The van der Waals surface area contributed by atoms with Crippen LogP contribution in [0.25, 0.3) is 5.65 Å². The molecule has 0 atom stereocenters. The molecule has 2 aromatic heterocycles. The van der Waals surface area contributed by atoms with Gasteiger partial charge in [0.25, 0.3) is 0 Å². The van der Waals surface area contributed by atoms with Crippen LogP contribution in [0.2, 0.25) is 5.15 Å². The minimum Gasteiger partial charge on any atom is -0.322 e. The van der Waals surface area contributed by atoms with E-state index >= 15 is 0 Å². The summed E-state index contributed by atoms with van der Waals surface area (Å²) in [6.45, 7) is 7.44. The molecule has 0 radical (unpaired) electrons. The van der Waals surface area contributed by atoms with Gasteiger partial charge < -0.3 is 5.32 Å². The average molecular weight is 266 g/mol. The average Bonchev–Trinajstić information content (AvgIpc) is 2.56. The van der Waals surface area contributed by atoms with E-state index in [9.17, 15) is 4.79 Å². The van der Waals surface area contributed by atoms with Gasteiger partial charge in [0.2, 0.25) is 5.91 Å². The number of hydrogen-bond donors (Lipinski definition) is 1. The second-order valence-corrected chi connectivity index (χ2v) is 5.67. The highest BCUT2D eigenvalue weighted by Crippen LogP contribution is 2.24. The number of rotatable bonds is 1. The van der Waals surface area contributed by atoms with Gasteiger partial charge in [0.05, 0.1) is 11.4 Å². The van der Waals surface area contributed by atoms with Crippen molar-refractivity contribution in [2.24, 2.45) is 5.41 Å². The van der Waals surface area contributed by atoms with Crippen molar-refractivity contribution in [2.45, 2.75) is 27.7 Å². The molecule has 2 heterocycles. The summed E-state index contributed by atoms with van der Waals surface area (Å²) < 4.78 is 1.76. The van der Waals surface area contributed by atoms with E-state index in [1.807, 2.05) is 46.0 Å². The van der Waals surface area contributed by atoms with Crippen LogP contribution in [0.15, 0.2) is 18.3 Å². The summed E-state index contributed by atoms with van der Waals surface area (Å²) in [4.78, 5) is 16.4. The largest absolute Gasteiger partial charge is 0.322 e. The van der Waals surface area contributed by atoms with Crippen LogP contribution in [-0.4, -0.2) is 15.3 Å². The zero-order chi connectivity index (χ0) is 13.5. The van der Waals surface area contributed by atoms with Gasteiger partial charge in [-0.1, -0.05) is 32.4 Å². The molecule has 4 nitrogen and oxygen atoms in total. The molecular weight excluding hydrogens is 250 g/mol. The highest BCUT2D eigenvalue weighted by Gasteiger charge is 2.22. The maximum Gasteiger partial charge on any atom is 0.229 e. The monoisotopic (exact) mass is 265 g/mol. The van der Waals surface area contributed by atoms with Crippen molar-refractivity contribution in [1.82, 2.24) is 9.38 Å². The molecule has 0 aromatic carbocycles. The number of halogens is 1. The van der Waals surface area contributed by atoms with Gasteiger partial charge in [-0.3, -0.25) is 9.20 Å². The molecule has 0 aliphatic heterocycles. The summed E-state index contributed by atoms with van der Waals surface area (Å²) in [7, 11) is 0. The van der Waals surface area contributed by atoms with Gasteiger partial charge in [0, 0.05) is 11.6 Å². The number of nitrogens with zero attached hydrogens (tertiary/aromatic N) is 2. The molecular formula is C13H16ClN3O. The number of carbonyl (C=O) groups is 1. The normalized spacial score (nSPS) is 11.8. The minimum atomic E-state index is -0.446. The lowest BCUT2D eigenvalue weighted by molar-refractivity contribution is -0.123. The highest BCUT2D eigenvalue weighted by molar-refractivity contribution is 6.30. The Balaban J connectivity index is 2.46. The highest BCUT2D eigenvalue weighted by atomic mass is 35.5. The van der Waals surface area contributed by atoms with E-state index in [1.54, 1.807) is 4.40 Å². The summed E-state index contributed by atoms with van der Waals surface area (Å²) in [6, 6.07) is 3.65. The number of carbonyl (C=O) groups excluding carboxylic acids is 1. The van der Waals surface area contributed by atoms with Crippen LogP contribution < -0.4 is 5.32 Å². The van der Waals surface area contributed by atoms with Crippen LogP contribution in [0.5, 0.6) is 0 Å². The van der Waals surface area contributed by atoms with E-state index in [-0.39, 0.29) is 5.91 Å². The molecule has 0 saturated heterocycles. The molecule has 0 aliphatic rings. The van der Waals surface area contributed by atoms with Crippen molar-refractivity contribution >= 4 is 28.8 Å². The first-order chi connectivity index (χ1) is 8.30. The molecule has 1 amide bonds. The van der Waals surface area contributed by atoms with Crippen LogP contribution >= 0.6 is 11.6 Å². The van der Waals surface area contributed by atoms with Gasteiger partial charge in [-0.2, -0.15) is 0 Å². The fourth-order valence-electron chi connectivity index (χ4n) is 1.56. The maximum atomic E-state index is 12.0. The van der Waals surface area contributed by atoms with Crippen LogP contribution in [0.1, 0.15) is 26.5 Å². The lowest BCUT2D eigenvalue weighted by atomic mass is 9.95. The first-order valence-corrected chi connectivity index (χ1v) is 6.13. The van der Waals surface area contributed by atoms with E-state index in [4.69, 9.17) is 11.6 Å². The minimum absolute atomic E-state index is 0.0487. The van der Waals surface area contributed by atoms with Crippen molar-refractivity contribution in [2.75, 3.05) is 5.32 Å². The smallest absolute Gasteiger partial charge is 0.229 e. The molecule has 96 valence electrons. The number of amides is 1. The van der Waals surface area contributed by atoms with E-state index in [0.29, 0.717) is 16.5 Å². The first-order valence-electron chi connectivity index (χ1n) is 5.75. The quantitative estimate of drug-likeness (QED) is 0.860. The van der Waals surface area contributed by atoms with E-state index in [2.05, 4.69) is 10.3 Å². The van der Waals surface area contributed by atoms with Crippen molar-refractivity contribution in [3.63, 3.8) is 0 Å². The fraction of sp³-hybridized carbons (Fsp3) is 0.385. The number of aryl methyl sites for hydroxylation is 1. The Morgan fingerprint density at radius 1 is 1.44 bits per heavy atom. The zero-order valence-electron chi connectivity index (χ0n) is 10.9. The number of hydrogen-bond acceptors (Lipinski definition) is 2. The Morgan fingerprint density at radius 3 is 2.72 bits per heavy atom. The second kappa shape index (κ2) is 4.28. The molecule has 1 N–H and O–H groups in total. The summed E-state index contributed by atoms with van der Waals surface area (Å²) >= 11 is 6.13. The summed E-state index contributed by atoms with van der Waals surface area (Å²) in [6.07, 6.45) is 1.82. The molecule has 5 heteroatoms. The van der Waals surface area contributed by atoms with Crippen LogP contribution in [0, 0.1) is 12.3 Å². The van der Waals surface area contributed by atoms with Gasteiger partial charge >= 0.3 is 0 Å². The molecule has 0 spiro atoms. The molecule has 0 fully saturated rings. The summed E-state index contributed by atoms with van der Waals surface area (Å²) in [5.41, 5.74) is 1.64. The van der Waals surface area contributed by atoms with E-state index < -0.39 is 5.41 Å². The summed E-state index contributed by atoms with van der Waals surface area (Å²) in [5.74, 6) is -0.0487. The Bertz CT molecular complexity index is 610. The van der Waals surface area contributed by atoms with Crippen molar-refractivity contribution in [1.29, 1.82) is 0 Å². The fourth-order valence-corrected chi connectivity index (χ4v) is 1.74. The molecule has 0 saturated carbocycles. The second-order valence-electron chi connectivity index (χ2n) is 5.31. The Hall–Kier alpha value is -1.55. The SMILES string of the molecule is Cc1nc2c(NC(=O)C(C)(C)C)cccn2c1Cl. The molecule has 0 unspecified atom stereocenters. The van der Waals surface area contributed by atoms with Gasteiger partial charge in [-0.05, 0) is 19.1 Å². The van der Waals surface area contributed by atoms with Crippen molar-refractivity contribution in [3.05, 3.63) is 29.2 Å². The van der Waals surface area contributed by atoms with Crippen LogP contribution in [0.4, 0.5) is 5.69 Å². The molecule has 2 aromatic rings. The number of fused-ring (bicyclic) bond motifs is 1. The van der Waals surface area contributed by atoms with Gasteiger partial charge in [-0.15, -0.1) is 0 Å². The Kier molecular flexibility index (Phi) is 3.07. The number of pyridine rings is 1. The van der Waals surface area contributed by atoms with Gasteiger partial charge in [0.15, 0.2) is 5.65 Å². The zero-order valence-corrected chi connectivity index (χ0v) is 11.7. The third-order valence-corrected chi connectivity index (χ3v) is 3.14. The topological polar surface area (TPSA) is 46.4 Å². The standard InChI is InChI=1S/C13H16ClN3O/c1-8-10(14)17-7-5-6-9(11(17)15-8)16-12(18)13(2,3)4/h5-7H,1-4H3,(H,16,18). The van der Waals surface area contributed by atoms with Crippen molar-refractivity contribution in [3.8, 4) is 0 Å². The maximum absolute atomic E-state index is 12.0. The van der Waals surface area contributed by atoms with E-state index in [0.717, 1.165) is 5.69 Å². The third kappa shape index (κ3) is 2.20. The number of anilines is 1.